The van der Waals surface area contributed by atoms with Crippen molar-refractivity contribution in [3.05, 3.63) is 110 Å². The molecule has 4 aliphatic rings. The molecule has 0 bridgehead atoms. The van der Waals surface area contributed by atoms with Crippen LogP contribution in [0.15, 0.2) is 59.4 Å². The lowest BCUT2D eigenvalue weighted by Crippen LogP contribution is -2.53. The molecule has 8 rings (SSSR count). The quantitative estimate of drug-likeness (QED) is 0.0293. The number of benzene rings is 2. The molecule has 0 fully saturated rings. The summed E-state index contributed by atoms with van der Waals surface area (Å²) in [6.45, 7) is 6.09. The van der Waals surface area contributed by atoms with E-state index in [2.05, 4.69) is 31.9 Å². The predicted molar refractivity (Wildman–Crippen MR) is 286 cm³/mol. The minimum atomic E-state index is -2.08. The maximum Gasteiger partial charge on any atom is 0.343 e. The Balaban J connectivity index is 0.883. The Morgan fingerprint density at radius 3 is 2.20 bits per heavy atom. The molecule has 23 nitrogen and oxygen atoms in total. The van der Waals surface area contributed by atoms with Gasteiger partial charge in [0.25, 0.3) is 17.4 Å². The van der Waals surface area contributed by atoms with E-state index in [-0.39, 0.29) is 55.6 Å². The molecule has 3 aliphatic heterocycles. The predicted octanol–water partition coefficient (Wildman–Crippen LogP) is 1.41. The summed E-state index contributed by atoms with van der Waals surface area (Å²) in [5, 5.41) is 27.5. The van der Waals surface area contributed by atoms with Gasteiger partial charge in [-0.1, -0.05) is 43.7 Å². The van der Waals surface area contributed by atoms with Crippen LogP contribution in [0.25, 0.3) is 22.3 Å². The molecule has 0 unspecified atom stereocenters. The number of unbranched alkanes of at least 4 members (excludes halogenated alkanes) is 2. The van der Waals surface area contributed by atoms with E-state index in [1.165, 1.54) is 22.8 Å². The fourth-order valence-corrected chi connectivity index (χ4v) is 10.5. The third-order valence-electron chi connectivity index (χ3n) is 14.6. The molecule has 24 heteroatoms. The molecule has 0 radical (unpaired) electrons. The number of hydrogen-bond acceptors (Lipinski definition) is 15. The van der Waals surface area contributed by atoms with Gasteiger partial charge in [-0.3, -0.25) is 52.8 Å². The van der Waals surface area contributed by atoms with Crippen molar-refractivity contribution in [1.82, 2.24) is 46.4 Å². The Morgan fingerprint density at radius 1 is 0.840 bits per heavy atom. The third-order valence-corrected chi connectivity index (χ3v) is 14.6. The van der Waals surface area contributed by atoms with Crippen LogP contribution in [0, 0.1) is 12.7 Å². The van der Waals surface area contributed by atoms with Crippen molar-refractivity contribution >= 4 is 70.1 Å². The number of aryl methyl sites for hydroxylation is 1. The number of nitrogens with zero attached hydrogens (tertiary/aromatic N) is 3. The van der Waals surface area contributed by atoms with E-state index in [4.69, 9.17) is 14.5 Å². The number of ether oxygens (including phenoxy) is 2. The second kappa shape index (κ2) is 24.4. The van der Waals surface area contributed by atoms with Crippen LogP contribution < -0.4 is 37.5 Å². The van der Waals surface area contributed by atoms with Gasteiger partial charge in [0.15, 0.2) is 5.60 Å². The minimum Gasteiger partial charge on any atom is -0.460 e. The summed E-state index contributed by atoms with van der Waals surface area (Å²) in [6, 6.07) is 8.12. The van der Waals surface area contributed by atoms with Gasteiger partial charge in [-0.25, -0.2) is 14.2 Å². The maximum atomic E-state index is 15.5. The summed E-state index contributed by atoms with van der Waals surface area (Å²) in [7, 11) is 0. The van der Waals surface area contributed by atoms with E-state index < -0.39 is 126 Å². The first-order chi connectivity index (χ1) is 38.5. The second-order valence-corrected chi connectivity index (χ2v) is 21.4. The van der Waals surface area contributed by atoms with E-state index in [0.717, 1.165) is 4.90 Å². The number of cyclic esters (lactones) is 1. The highest BCUT2D eigenvalue weighted by Gasteiger charge is 2.46. The van der Waals surface area contributed by atoms with Crippen molar-refractivity contribution in [2.45, 2.75) is 135 Å². The smallest absolute Gasteiger partial charge is 0.343 e. The summed E-state index contributed by atoms with van der Waals surface area (Å²) < 4.78 is 27.5. The molecule has 81 heavy (non-hydrogen) atoms. The number of esters is 2. The maximum absolute atomic E-state index is 15.5. The molecule has 4 atom stereocenters. The zero-order valence-corrected chi connectivity index (χ0v) is 45.5. The third kappa shape index (κ3) is 13.2. The molecule has 4 aromatic rings. The summed E-state index contributed by atoms with van der Waals surface area (Å²) in [6.07, 6.45) is 3.55. The minimum absolute atomic E-state index is 0.0108. The Bertz CT molecular complexity index is 3340. The van der Waals surface area contributed by atoms with Crippen LogP contribution >= 0.6 is 0 Å². The summed E-state index contributed by atoms with van der Waals surface area (Å²) in [4.78, 5) is 150. The number of hydrogen-bond donors (Lipinski definition) is 7. The topological polar surface area (TPSA) is 320 Å². The first-order valence-electron chi connectivity index (χ1n) is 26.8. The van der Waals surface area contributed by atoms with Gasteiger partial charge in [0.1, 0.15) is 30.1 Å². The molecule has 2 aromatic heterocycles. The standard InChI is InChI=1S/C57H64FN9O14/c1-6-57(79)35-22-41-51-33(28-67(41)54(77)34(35)29-80-55(57)78)50-37(17-16-32-30(2)36(58)23-38(65-51)49(32)50)62-45(71)27-61-52(75)39(21-31-13-9-7-10-14-31)64-44(70)26-59-43(69)25-60-53(76)40(24-48(74)81-56(3,4)5)63-42(68)15-11-8-12-20-66-46(72)18-19-47(66)73/h7,9-10,13-14,18-19,22-23,37,39-40,79H,6,8,11-12,15-17,20-21,24-29H2,1-5H3,(H,59,69)(H,60,76)(H,61,75)(H,62,71)(H,63,68)(H,64,70)/t37-,39-,40-,57-/m0/s1. The summed E-state index contributed by atoms with van der Waals surface area (Å²) in [5.41, 5.74) is 0.546. The van der Waals surface area contributed by atoms with Gasteiger partial charge in [-0.05, 0) is 88.1 Å². The van der Waals surface area contributed by atoms with Crippen molar-refractivity contribution in [3.63, 3.8) is 0 Å². The highest BCUT2D eigenvalue weighted by atomic mass is 19.1. The molecule has 2 aromatic carbocycles. The number of nitrogens with one attached hydrogen (secondary N) is 6. The lowest BCUT2D eigenvalue weighted by atomic mass is 9.81. The molecule has 7 N–H and O–H groups in total. The molecule has 0 spiro atoms. The number of halogens is 1. The number of fused-ring (bicyclic) bond motifs is 5. The fraction of sp³-hybridized carbons (Fsp3) is 0.439. The van der Waals surface area contributed by atoms with Gasteiger partial charge >= 0.3 is 11.9 Å². The zero-order valence-electron chi connectivity index (χ0n) is 45.5. The largest absolute Gasteiger partial charge is 0.460 e. The summed E-state index contributed by atoms with van der Waals surface area (Å²) >= 11 is 0. The second-order valence-electron chi connectivity index (χ2n) is 21.4. The van der Waals surface area contributed by atoms with E-state index in [9.17, 15) is 57.8 Å². The van der Waals surface area contributed by atoms with Gasteiger partial charge in [0, 0.05) is 54.1 Å². The number of carbonyl (C=O) groups excluding carboxylic acids is 10. The van der Waals surface area contributed by atoms with Crippen LogP contribution in [0.2, 0.25) is 0 Å². The first kappa shape index (κ1) is 58.5. The molecular weight excluding hydrogens is 1050 g/mol. The number of amides is 8. The molecule has 8 amide bonds. The van der Waals surface area contributed by atoms with Crippen molar-refractivity contribution < 1.29 is 66.9 Å². The fourth-order valence-electron chi connectivity index (χ4n) is 10.5. The van der Waals surface area contributed by atoms with Crippen molar-refractivity contribution in [2.75, 3.05) is 26.2 Å². The first-order valence-corrected chi connectivity index (χ1v) is 26.8. The van der Waals surface area contributed by atoms with Crippen LogP contribution in [0.3, 0.4) is 0 Å². The van der Waals surface area contributed by atoms with Crippen LogP contribution in [0.1, 0.15) is 118 Å². The molecule has 428 valence electrons. The van der Waals surface area contributed by atoms with E-state index in [1.54, 1.807) is 71.0 Å². The lowest BCUT2D eigenvalue weighted by Gasteiger charge is -2.31. The zero-order chi connectivity index (χ0) is 58.5. The van der Waals surface area contributed by atoms with E-state index in [1.807, 2.05) is 0 Å². The highest BCUT2D eigenvalue weighted by Crippen LogP contribution is 2.46. The highest BCUT2D eigenvalue weighted by molar-refractivity contribution is 6.12. The Hall–Kier alpha value is -8.67. The van der Waals surface area contributed by atoms with E-state index in [0.29, 0.717) is 76.7 Å². The van der Waals surface area contributed by atoms with E-state index >= 15 is 4.39 Å². The van der Waals surface area contributed by atoms with Gasteiger partial charge < -0.3 is 51.0 Å². The SMILES string of the molecule is CC[C@@]1(O)C(=O)OCc2c1cc1n(c2=O)Cc2c-1nc1cc(F)c(C)c3c1c2[C@@H](NC(=O)CNC(=O)[C@H](Cc1ccccc1)NC(=O)CNC(=O)CNC(=O)[C@H](CC(=O)OC(C)(C)C)NC(=O)CCCCCN1C(=O)C=CC1=O)CC3. The van der Waals surface area contributed by atoms with Gasteiger partial charge in [-0.2, -0.15) is 0 Å². The van der Waals surface area contributed by atoms with Crippen LogP contribution in [-0.4, -0.2) is 123 Å². The van der Waals surface area contributed by atoms with Crippen LogP contribution in [0.5, 0.6) is 0 Å². The summed E-state index contributed by atoms with van der Waals surface area (Å²) in [5.74, 6) is -7.48. The lowest BCUT2D eigenvalue weighted by molar-refractivity contribution is -0.172. The van der Waals surface area contributed by atoms with Gasteiger partial charge in [-0.15, -0.1) is 0 Å². The van der Waals surface area contributed by atoms with Gasteiger partial charge in [0.05, 0.1) is 61.1 Å². The van der Waals surface area contributed by atoms with Crippen molar-refractivity contribution in [3.8, 4) is 11.4 Å². The Kier molecular flexibility index (Phi) is 17.6. The number of imide groups is 1. The number of pyridine rings is 2. The average Bonchev–Trinajstić information content (AvgIpc) is 2.37. The normalized spacial score (nSPS) is 17.5. The number of carbonyl (C=O) groups is 10. The number of aliphatic hydroxyl groups is 1. The Morgan fingerprint density at radius 2 is 1.51 bits per heavy atom. The van der Waals surface area contributed by atoms with Crippen molar-refractivity contribution in [2.24, 2.45) is 0 Å². The monoisotopic (exact) mass is 1120 g/mol. The average molecular weight is 1120 g/mol. The van der Waals surface area contributed by atoms with Gasteiger partial charge in [0.2, 0.25) is 35.4 Å². The number of rotatable bonds is 22. The molecule has 5 heterocycles. The van der Waals surface area contributed by atoms with Crippen molar-refractivity contribution in [1.29, 1.82) is 0 Å². The van der Waals surface area contributed by atoms with Crippen LogP contribution in [-0.2, 0) is 89.0 Å². The molecule has 0 saturated heterocycles. The molecule has 1 aliphatic carbocycles. The molecule has 0 saturated carbocycles. The van der Waals surface area contributed by atoms with Crippen LogP contribution in [0.4, 0.5) is 4.39 Å². The number of aromatic nitrogens is 2. The molecular formula is C57H64FN9O14. The Labute approximate surface area is 464 Å².